The molecule has 9 nitrogen and oxygen atoms in total. The Morgan fingerprint density at radius 1 is 0.690 bits per heavy atom. The fraction of sp³-hybridized carbons (Fsp3) is 0.650. The molecule has 29 heavy (non-hydrogen) atoms. The van der Waals surface area contributed by atoms with E-state index in [1.54, 1.807) is 24.3 Å². The van der Waals surface area contributed by atoms with E-state index in [2.05, 4.69) is 0 Å². The van der Waals surface area contributed by atoms with Gasteiger partial charge in [0, 0.05) is 5.56 Å². The molecule has 0 bridgehead atoms. The lowest BCUT2D eigenvalue weighted by molar-refractivity contribution is -0.0146. The summed E-state index contributed by atoms with van der Waals surface area (Å²) in [7, 11) is 1.47. The first kappa shape index (κ1) is 25.3. The van der Waals surface area contributed by atoms with E-state index in [1.165, 1.54) is 7.11 Å². The van der Waals surface area contributed by atoms with Crippen LogP contribution < -0.4 is 4.74 Å². The third kappa shape index (κ3) is 14.0. The van der Waals surface area contributed by atoms with E-state index in [1.807, 2.05) is 0 Å². The van der Waals surface area contributed by atoms with Crippen LogP contribution in [-0.2, 0) is 28.4 Å². The molecular weight excluding hydrogens is 382 g/mol. The summed E-state index contributed by atoms with van der Waals surface area (Å²) in [5, 5.41) is 16.1. The summed E-state index contributed by atoms with van der Waals surface area (Å²) in [4.78, 5) is 0. The first-order valence-electron chi connectivity index (χ1n) is 9.63. The van der Waals surface area contributed by atoms with Gasteiger partial charge in [0.05, 0.1) is 79.8 Å². The van der Waals surface area contributed by atoms with Gasteiger partial charge in [0.1, 0.15) is 12.4 Å². The van der Waals surface area contributed by atoms with Gasteiger partial charge in [-0.2, -0.15) is 0 Å². The summed E-state index contributed by atoms with van der Waals surface area (Å²) in [5.41, 5.74) is 0.702. The van der Waals surface area contributed by atoms with Crippen LogP contribution in [0.1, 0.15) is 5.56 Å². The van der Waals surface area contributed by atoms with Crippen LogP contribution in [0.2, 0.25) is 0 Å². The minimum Gasteiger partial charge on any atom is -0.491 e. The zero-order valence-electron chi connectivity index (χ0n) is 17.1. The summed E-state index contributed by atoms with van der Waals surface area (Å²) in [6.45, 7) is 5.24. The van der Waals surface area contributed by atoms with Gasteiger partial charge >= 0.3 is 0 Å². The van der Waals surface area contributed by atoms with Crippen LogP contribution in [0.25, 0.3) is 0 Å². The fourth-order valence-corrected chi connectivity index (χ4v) is 2.09. The van der Waals surface area contributed by atoms with Crippen molar-refractivity contribution in [3.05, 3.63) is 29.8 Å². The lowest BCUT2D eigenvalue weighted by atomic mass is 10.2. The third-order valence-electron chi connectivity index (χ3n) is 3.54. The number of benzene rings is 1. The van der Waals surface area contributed by atoms with Crippen LogP contribution in [0.15, 0.2) is 24.3 Å². The number of hydrogen-bond donors (Lipinski definition) is 2. The van der Waals surface area contributed by atoms with Crippen molar-refractivity contribution in [2.45, 2.75) is 0 Å². The van der Waals surface area contributed by atoms with Gasteiger partial charge in [0.2, 0.25) is 5.90 Å². The zero-order valence-corrected chi connectivity index (χ0v) is 17.1. The van der Waals surface area contributed by atoms with Crippen molar-refractivity contribution in [2.75, 3.05) is 86.4 Å². The smallest absolute Gasteiger partial charge is 0.212 e. The van der Waals surface area contributed by atoms with Gasteiger partial charge in [0.15, 0.2) is 0 Å². The Bertz CT molecular complexity index is 512. The van der Waals surface area contributed by atoms with Gasteiger partial charge in [-0.1, -0.05) is 0 Å². The predicted octanol–water partition coefficient (Wildman–Crippen LogP) is 1.11. The maximum Gasteiger partial charge on any atom is 0.212 e. The van der Waals surface area contributed by atoms with Crippen molar-refractivity contribution >= 4 is 5.90 Å². The predicted molar refractivity (Wildman–Crippen MR) is 107 cm³/mol. The second-order valence-corrected chi connectivity index (χ2v) is 5.69. The van der Waals surface area contributed by atoms with E-state index in [0.717, 1.165) is 5.75 Å². The third-order valence-corrected chi connectivity index (χ3v) is 3.54. The van der Waals surface area contributed by atoms with E-state index in [9.17, 15) is 0 Å². The highest BCUT2D eigenvalue weighted by Gasteiger charge is 2.01. The monoisotopic (exact) mass is 415 g/mol. The second kappa shape index (κ2) is 18.3. The molecular formula is C20H33NO8. The average Bonchev–Trinajstić information content (AvgIpc) is 2.75. The summed E-state index contributed by atoms with van der Waals surface area (Å²) in [6, 6.07) is 7.14. The quantitative estimate of drug-likeness (QED) is 0.197. The molecule has 0 fully saturated rings. The first-order valence-corrected chi connectivity index (χ1v) is 9.63. The molecule has 166 valence electrons. The lowest BCUT2D eigenvalue weighted by Gasteiger charge is -2.09. The molecule has 1 aromatic rings. The molecule has 0 spiro atoms. The Balaban J connectivity index is 1.82. The van der Waals surface area contributed by atoms with Crippen molar-refractivity contribution < 1.29 is 38.3 Å². The van der Waals surface area contributed by atoms with Crippen LogP contribution >= 0.6 is 0 Å². The minimum atomic E-state index is 0.0273. The largest absolute Gasteiger partial charge is 0.491 e. The molecule has 0 aliphatic rings. The number of rotatable bonds is 19. The number of nitrogens with one attached hydrogen (secondary N) is 1. The SMILES string of the molecule is COC(=N)c1ccc(OCCOCCOCCOCCOCCOCCO)cc1. The number of aliphatic hydroxyl groups excluding tert-OH is 1. The van der Waals surface area contributed by atoms with Crippen LogP contribution in [-0.4, -0.2) is 97.4 Å². The molecule has 0 aromatic heterocycles. The second-order valence-electron chi connectivity index (χ2n) is 5.69. The molecule has 0 unspecified atom stereocenters. The van der Waals surface area contributed by atoms with E-state index >= 15 is 0 Å². The Labute approximate surface area is 172 Å². The topological polar surface area (TPSA) is 109 Å². The maximum atomic E-state index is 8.53. The van der Waals surface area contributed by atoms with Crippen molar-refractivity contribution in [1.29, 1.82) is 5.41 Å². The van der Waals surface area contributed by atoms with Gasteiger partial charge in [-0.3, -0.25) is 5.41 Å². The normalized spacial score (nSPS) is 10.8. The van der Waals surface area contributed by atoms with Crippen molar-refractivity contribution in [1.82, 2.24) is 0 Å². The number of methoxy groups -OCH3 is 1. The summed E-state index contributed by atoms with van der Waals surface area (Å²) in [6.07, 6.45) is 0. The highest BCUT2D eigenvalue weighted by Crippen LogP contribution is 2.12. The number of ether oxygens (including phenoxy) is 7. The first-order chi connectivity index (χ1) is 14.3. The summed E-state index contributed by atoms with van der Waals surface area (Å²) >= 11 is 0. The Morgan fingerprint density at radius 3 is 1.52 bits per heavy atom. The Kier molecular flexibility index (Phi) is 15.9. The van der Waals surface area contributed by atoms with Crippen LogP contribution in [0.4, 0.5) is 0 Å². The van der Waals surface area contributed by atoms with Crippen molar-refractivity contribution in [2.24, 2.45) is 0 Å². The zero-order chi connectivity index (χ0) is 21.0. The van der Waals surface area contributed by atoms with Crippen LogP contribution in [0.3, 0.4) is 0 Å². The molecule has 0 aliphatic carbocycles. The van der Waals surface area contributed by atoms with Gasteiger partial charge in [0.25, 0.3) is 0 Å². The Hall–Kier alpha value is -1.75. The van der Waals surface area contributed by atoms with Crippen molar-refractivity contribution in [3.8, 4) is 5.75 Å². The number of aliphatic hydroxyl groups is 1. The van der Waals surface area contributed by atoms with E-state index in [0.29, 0.717) is 78.2 Å². The van der Waals surface area contributed by atoms with Gasteiger partial charge < -0.3 is 38.3 Å². The molecule has 0 saturated carbocycles. The molecule has 0 aliphatic heterocycles. The molecule has 1 rings (SSSR count). The highest BCUT2D eigenvalue weighted by molar-refractivity contribution is 5.91. The van der Waals surface area contributed by atoms with E-state index in [-0.39, 0.29) is 12.5 Å². The van der Waals surface area contributed by atoms with E-state index < -0.39 is 0 Å². The fourth-order valence-electron chi connectivity index (χ4n) is 2.09. The van der Waals surface area contributed by atoms with Crippen molar-refractivity contribution in [3.63, 3.8) is 0 Å². The number of hydrogen-bond acceptors (Lipinski definition) is 9. The molecule has 0 atom stereocenters. The van der Waals surface area contributed by atoms with Crippen LogP contribution in [0, 0.1) is 5.41 Å². The molecule has 0 amide bonds. The Morgan fingerprint density at radius 2 is 1.10 bits per heavy atom. The lowest BCUT2D eigenvalue weighted by Crippen LogP contribution is -2.14. The maximum absolute atomic E-state index is 8.53. The van der Waals surface area contributed by atoms with Gasteiger partial charge in [-0.15, -0.1) is 0 Å². The minimum absolute atomic E-state index is 0.0273. The molecule has 9 heteroatoms. The highest BCUT2D eigenvalue weighted by atomic mass is 16.6. The standard InChI is InChI=1S/C20H33NO8/c1-23-20(21)18-2-4-19(5-3-18)29-17-16-28-15-14-27-13-12-26-11-10-25-9-8-24-7-6-22/h2-5,21-22H,6-17H2,1H3. The van der Waals surface area contributed by atoms with E-state index in [4.69, 9.17) is 43.7 Å². The summed E-state index contributed by atoms with van der Waals surface area (Å²) in [5.74, 6) is 0.843. The van der Waals surface area contributed by atoms with Crippen LogP contribution in [0.5, 0.6) is 5.75 Å². The molecule has 1 aromatic carbocycles. The van der Waals surface area contributed by atoms with Gasteiger partial charge in [-0.25, -0.2) is 0 Å². The molecule has 2 N–H and O–H groups in total. The molecule has 0 saturated heterocycles. The summed E-state index contributed by atoms with van der Waals surface area (Å²) < 4.78 is 37.0. The molecule has 0 radical (unpaired) electrons. The average molecular weight is 415 g/mol. The van der Waals surface area contributed by atoms with Gasteiger partial charge in [-0.05, 0) is 24.3 Å². The molecule has 0 heterocycles.